The molecule has 1 aliphatic rings. The van der Waals surface area contributed by atoms with Gasteiger partial charge in [-0.15, -0.1) is 0 Å². The predicted molar refractivity (Wildman–Crippen MR) is 65.0 cm³/mol. The standard InChI is InChI=1S/C11H20N3O2S/c1-13-6-7-14(9-13)10-17(15,16)8-4-11-3-2-5-12-11/h6-7,9,11-12H,2-5,8,10H2,1H3/q+1/t11-/m0/s1. The van der Waals surface area contributed by atoms with Crippen LogP contribution in [0.3, 0.4) is 0 Å². The largest absolute Gasteiger partial charge is 0.314 e. The van der Waals surface area contributed by atoms with Crippen LogP contribution in [0.4, 0.5) is 0 Å². The molecule has 2 heterocycles. The molecule has 2 rings (SSSR count). The average molecular weight is 258 g/mol. The molecule has 1 atom stereocenters. The summed E-state index contributed by atoms with van der Waals surface area (Å²) in [6.07, 6.45) is 8.41. The first-order valence-electron chi connectivity index (χ1n) is 6.00. The molecule has 1 aromatic rings. The smallest absolute Gasteiger partial charge is 0.244 e. The van der Waals surface area contributed by atoms with Crippen LogP contribution in [0.25, 0.3) is 0 Å². The minimum absolute atomic E-state index is 0.0839. The Labute approximate surface area is 102 Å². The molecule has 1 N–H and O–H groups in total. The van der Waals surface area contributed by atoms with Crippen molar-refractivity contribution in [2.24, 2.45) is 7.05 Å². The Morgan fingerprint density at radius 3 is 2.94 bits per heavy atom. The van der Waals surface area contributed by atoms with E-state index in [4.69, 9.17) is 0 Å². The van der Waals surface area contributed by atoms with Gasteiger partial charge in [0.1, 0.15) is 12.4 Å². The van der Waals surface area contributed by atoms with E-state index in [1.54, 1.807) is 17.1 Å². The fourth-order valence-electron chi connectivity index (χ4n) is 2.19. The zero-order valence-corrected chi connectivity index (χ0v) is 11.0. The van der Waals surface area contributed by atoms with E-state index in [0.717, 1.165) is 25.8 Å². The lowest BCUT2D eigenvalue weighted by molar-refractivity contribution is -0.670. The van der Waals surface area contributed by atoms with Crippen molar-refractivity contribution in [3.8, 4) is 0 Å². The van der Waals surface area contributed by atoms with Gasteiger partial charge in [0.25, 0.3) is 0 Å². The zero-order chi connectivity index (χ0) is 12.3. The zero-order valence-electron chi connectivity index (χ0n) is 10.2. The maximum absolute atomic E-state index is 11.9. The summed E-state index contributed by atoms with van der Waals surface area (Å²) in [6.45, 7) is 1.03. The second kappa shape index (κ2) is 5.18. The third kappa shape index (κ3) is 3.81. The van der Waals surface area contributed by atoms with E-state index in [1.165, 1.54) is 0 Å². The Kier molecular flexibility index (Phi) is 3.83. The van der Waals surface area contributed by atoms with Crippen LogP contribution in [0.15, 0.2) is 18.7 Å². The number of hydrogen-bond acceptors (Lipinski definition) is 3. The molecule has 0 spiro atoms. The van der Waals surface area contributed by atoms with Crippen LogP contribution in [0, 0.1) is 0 Å². The van der Waals surface area contributed by atoms with Crippen molar-refractivity contribution in [3.05, 3.63) is 18.7 Å². The van der Waals surface area contributed by atoms with Gasteiger partial charge in [-0.2, -0.15) is 0 Å². The molecule has 1 fully saturated rings. The highest BCUT2D eigenvalue weighted by Gasteiger charge is 2.20. The molecule has 96 valence electrons. The summed E-state index contributed by atoms with van der Waals surface area (Å²) in [6, 6.07) is 0.394. The molecule has 0 amide bonds. The summed E-state index contributed by atoms with van der Waals surface area (Å²) in [4.78, 5) is 0. The number of aromatic nitrogens is 2. The topological polar surface area (TPSA) is 55.0 Å². The molecule has 0 aliphatic carbocycles. The SMILES string of the molecule is C[n+]1ccn(CS(=O)(=O)CC[C@@H]2CCCN2)c1. The fourth-order valence-corrected chi connectivity index (χ4v) is 3.57. The van der Waals surface area contributed by atoms with Gasteiger partial charge < -0.3 is 5.32 Å². The number of sulfone groups is 1. The molecule has 0 bridgehead atoms. The molecule has 0 radical (unpaired) electrons. The van der Waals surface area contributed by atoms with Crippen LogP contribution in [-0.2, 0) is 22.8 Å². The highest BCUT2D eigenvalue weighted by atomic mass is 32.2. The van der Waals surface area contributed by atoms with Crippen molar-refractivity contribution in [2.75, 3.05) is 12.3 Å². The van der Waals surface area contributed by atoms with Crippen molar-refractivity contribution in [1.82, 2.24) is 9.88 Å². The van der Waals surface area contributed by atoms with Gasteiger partial charge in [-0.1, -0.05) is 0 Å². The molecule has 6 heteroatoms. The normalized spacial score (nSPS) is 20.9. The molecule has 5 nitrogen and oxygen atoms in total. The van der Waals surface area contributed by atoms with Gasteiger partial charge in [-0.3, -0.25) is 0 Å². The molecule has 1 saturated heterocycles. The third-order valence-corrected chi connectivity index (χ3v) is 4.66. The summed E-state index contributed by atoms with van der Waals surface area (Å²) < 4.78 is 27.4. The number of aryl methyl sites for hydroxylation is 1. The van der Waals surface area contributed by atoms with E-state index in [-0.39, 0.29) is 11.6 Å². The van der Waals surface area contributed by atoms with Crippen molar-refractivity contribution in [2.45, 2.75) is 31.2 Å². The summed E-state index contributed by atoms with van der Waals surface area (Å²) >= 11 is 0. The Morgan fingerprint density at radius 1 is 1.53 bits per heavy atom. The molecule has 0 unspecified atom stereocenters. The van der Waals surface area contributed by atoms with Crippen molar-refractivity contribution in [1.29, 1.82) is 0 Å². The second-order valence-electron chi connectivity index (χ2n) is 4.75. The molecular formula is C11H20N3O2S+. The summed E-state index contributed by atoms with van der Waals surface area (Å²) in [7, 11) is -1.12. The summed E-state index contributed by atoms with van der Waals surface area (Å²) in [5.41, 5.74) is 0. The minimum Gasteiger partial charge on any atom is -0.314 e. The predicted octanol–water partition coefficient (Wildman–Crippen LogP) is -0.173. The Morgan fingerprint density at radius 2 is 2.35 bits per heavy atom. The van der Waals surface area contributed by atoms with E-state index in [1.807, 2.05) is 17.8 Å². The number of nitrogens with one attached hydrogen (secondary N) is 1. The maximum atomic E-state index is 11.9. The van der Waals surface area contributed by atoms with Crippen molar-refractivity contribution < 1.29 is 13.0 Å². The van der Waals surface area contributed by atoms with Crippen LogP contribution >= 0.6 is 0 Å². The number of imidazole rings is 1. The number of rotatable bonds is 5. The molecule has 1 aliphatic heterocycles. The molecular weight excluding hydrogens is 238 g/mol. The van der Waals surface area contributed by atoms with E-state index in [0.29, 0.717) is 6.04 Å². The van der Waals surface area contributed by atoms with Gasteiger partial charge >= 0.3 is 0 Å². The highest BCUT2D eigenvalue weighted by Crippen LogP contribution is 2.10. The Balaban J connectivity index is 1.85. The van der Waals surface area contributed by atoms with Gasteiger partial charge in [0.2, 0.25) is 6.33 Å². The lowest BCUT2D eigenvalue weighted by atomic mass is 10.2. The van der Waals surface area contributed by atoms with Crippen molar-refractivity contribution in [3.63, 3.8) is 0 Å². The summed E-state index contributed by atoms with van der Waals surface area (Å²) in [5.74, 6) is 0.354. The van der Waals surface area contributed by atoms with Gasteiger partial charge in [0, 0.05) is 6.04 Å². The van der Waals surface area contributed by atoms with Gasteiger partial charge in [0.05, 0.1) is 12.8 Å². The molecule has 0 aromatic carbocycles. The third-order valence-electron chi connectivity index (χ3n) is 3.11. The van der Waals surface area contributed by atoms with Crippen LogP contribution in [0.2, 0.25) is 0 Å². The summed E-state index contributed by atoms with van der Waals surface area (Å²) in [5, 5.41) is 3.32. The van der Waals surface area contributed by atoms with E-state index in [2.05, 4.69) is 5.32 Å². The Hall–Kier alpha value is -0.880. The first-order chi connectivity index (χ1) is 8.05. The van der Waals surface area contributed by atoms with Crippen LogP contribution in [0.1, 0.15) is 19.3 Å². The lowest BCUT2D eigenvalue weighted by Gasteiger charge is -2.09. The molecule has 0 saturated carbocycles. The fraction of sp³-hybridized carbons (Fsp3) is 0.727. The first-order valence-corrected chi connectivity index (χ1v) is 7.82. The van der Waals surface area contributed by atoms with Gasteiger partial charge in [-0.05, 0) is 25.8 Å². The first kappa shape index (κ1) is 12.6. The van der Waals surface area contributed by atoms with Crippen LogP contribution in [-0.4, -0.2) is 31.3 Å². The van der Waals surface area contributed by atoms with Crippen molar-refractivity contribution >= 4 is 9.84 Å². The van der Waals surface area contributed by atoms with Crippen LogP contribution < -0.4 is 9.88 Å². The lowest BCUT2D eigenvalue weighted by Crippen LogP contribution is -2.26. The second-order valence-corrected chi connectivity index (χ2v) is 6.91. The molecule has 1 aromatic heterocycles. The minimum atomic E-state index is -3.00. The number of nitrogens with zero attached hydrogens (tertiary/aromatic N) is 2. The monoisotopic (exact) mass is 258 g/mol. The Bertz CT molecular complexity index is 461. The van der Waals surface area contributed by atoms with E-state index in [9.17, 15) is 8.42 Å². The highest BCUT2D eigenvalue weighted by molar-refractivity contribution is 7.90. The average Bonchev–Trinajstić information content (AvgIpc) is 2.86. The van der Waals surface area contributed by atoms with E-state index < -0.39 is 9.84 Å². The van der Waals surface area contributed by atoms with Gasteiger partial charge in [0.15, 0.2) is 15.7 Å². The quantitative estimate of drug-likeness (QED) is 0.746. The van der Waals surface area contributed by atoms with E-state index >= 15 is 0 Å². The molecule has 17 heavy (non-hydrogen) atoms. The maximum Gasteiger partial charge on any atom is 0.244 e. The van der Waals surface area contributed by atoms with Gasteiger partial charge in [-0.25, -0.2) is 17.6 Å². The van der Waals surface area contributed by atoms with Crippen LogP contribution in [0.5, 0.6) is 0 Å². The number of hydrogen-bond donors (Lipinski definition) is 1.